The number of anilines is 1. The van der Waals surface area contributed by atoms with Crippen molar-refractivity contribution in [1.82, 2.24) is 5.32 Å². The predicted molar refractivity (Wildman–Crippen MR) is 114 cm³/mol. The van der Waals surface area contributed by atoms with Gasteiger partial charge in [0.15, 0.2) is 0 Å². The highest BCUT2D eigenvalue weighted by Gasteiger charge is 2.18. The number of amides is 2. The summed E-state index contributed by atoms with van der Waals surface area (Å²) in [5.41, 5.74) is 6.48. The molecule has 0 unspecified atom stereocenters. The fourth-order valence-corrected chi connectivity index (χ4v) is 3.50. The molecule has 0 radical (unpaired) electrons. The second kappa shape index (κ2) is 13.0. The minimum Gasteiger partial charge on any atom is -0.349 e. The van der Waals surface area contributed by atoms with Crippen molar-refractivity contribution in [2.75, 3.05) is 11.9 Å². The van der Waals surface area contributed by atoms with Crippen LogP contribution in [0.5, 0.6) is 0 Å². The third-order valence-electron chi connectivity index (χ3n) is 4.79. The molecule has 0 heterocycles. The van der Waals surface area contributed by atoms with E-state index in [1.54, 1.807) is 18.2 Å². The highest BCUT2D eigenvalue weighted by Crippen LogP contribution is 2.23. The van der Waals surface area contributed by atoms with E-state index in [9.17, 15) is 9.59 Å². The average molecular weight is 416 g/mol. The zero-order valence-corrected chi connectivity index (χ0v) is 17.3. The molecule has 1 saturated carbocycles. The second-order valence-corrected chi connectivity index (χ2v) is 7.41. The summed E-state index contributed by atoms with van der Waals surface area (Å²) >= 11 is 6.19. The van der Waals surface area contributed by atoms with Crippen molar-refractivity contribution in [2.24, 2.45) is 5.73 Å². The predicted octanol–water partition coefficient (Wildman–Crippen LogP) is 4.67. The van der Waals surface area contributed by atoms with Crippen LogP contribution in [0.2, 0.25) is 5.02 Å². The van der Waals surface area contributed by atoms with E-state index in [2.05, 4.69) is 10.6 Å². The van der Waals surface area contributed by atoms with Crippen molar-refractivity contribution in [2.45, 2.75) is 70.3 Å². The third-order valence-corrected chi connectivity index (χ3v) is 5.12. The van der Waals surface area contributed by atoms with Crippen LogP contribution in [-0.2, 0) is 4.79 Å². The fourth-order valence-electron chi connectivity index (χ4n) is 3.29. The number of carbonyl (C=O) groups is 2. The quantitative estimate of drug-likeness (QED) is 0.512. The Morgan fingerprint density at radius 2 is 1.78 bits per heavy atom. The Labute approximate surface area is 173 Å². The molecule has 4 N–H and O–H groups in total. The highest BCUT2D eigenvalue weighted by atomic mass is 35.5. The molecule has 0 aliphatic heterocycles. The molecule has 152 valence electrons. The van der Waals surface area contributed by atoms with Gasteiger partial charge in [0.1, 0.15) is 0 Å². The van der Waals surface area contributed by atoms with E-state index in [1.807, 2.05) is 0 Å². The van der Waals surface area contributed by atoms with Crippen LogP contribution >= 0.6 is 24.0 Å². The summed E-state index contributed by atoms with van der Waals surface area (Å²) in [5, 5.41) is 6.32. The normalized spacial score (nSPS) is 14.3. The zero-order chi connectivity index (χ0) is 18.8. The van der Waals surface area contributed by atoms with Crippen LogP contribution in [0.15, 0.2) is 18.2 Å². The molecular weight excluding hydrogens is 385 g/mol. The minimum absolute atomic E-state index is 0. The lowest BCUT2D eigenvalue weighted by Gasteiger charge is -2.23. The van der Waals surface area contributed by atoms with E-state index in [0.717, 1.165) is 51.4 Å². The Balaban J connectivity index is 0.00000364. The van der Waals surface area contributed by atoms with Gasteiger partial charge in [-0.2, -0.15) is 0 Å². The number of halogens is 2. The highest BCUT2D eigenvalue weighted by molar-refractivity contribution is 6.34. The van der Waals surface area contributed by atoms with Crippen LogP contribution in [0.1, 0.15) is 74.6 Å². The number of rotatable bonds is 9. The van der Waals surface area contributed by atoms with Gasteiger partial charge < -0.3 is 16.4 Å². The zero-order valence-electron chi connectivity index (χ0n) is 15.8. The minimum atomic E-state index is -0.167. The van der Waals surface area contributed by atoms with Gasteiger partial charge in [0.25, 0.3) is 5.91 Å². The number of nitrogens with one attached hydrogen (secondary N) is 2. The Kier molecular flexibility index (Phi) is 11.4. The summed E-state index contributed by atoms with van der Waals surface area (Å²) in [6, 6.07) is 5.27. The molecular formula is C20H31Cl2N3O2. The SMILES string of the molecule is Cl.NCCCCCCC(=O)Nc1ccc(Cl)c(C(=O)NC2CCCCC2)c1. The van der Waals surface area contributed by atoms with Gasteiger partial charge in [-0.15, -0.1) is 12.4 Å². The molecule has 0 aromatic heterocycles. The molecule has 0 atom stereocenters. The maximum atomic E-state index is 12.5. The van der Waals surface area contributed by atoms with Gasteiger partial charge in [-0.1, -0.05) is 43.7 Å². The van der Waals surface area contributed by atoms with Crippen molar-refractivity contribution in [3.8, 4) is 0 Å². The molecule has 1 aliphatic carbocycles. The van der Waals surface area contributed by atoms with Gasteiger partial charge in [0.2, 0.25) is 5.91 Å². The van der Waals surface area contributed by atoms with Crippen molar-refractivity contribution in [3.63, 3.8) is 0 Å². The maximum absolute atomic E-state index is 12.5. The Morgan fingerprint density at radius 1 is 1.07 bits per heavy atom. The fraction of sp³-hybridized carbons (Fsp3) is 0.600. The number of hydrogen-bond donors (Lipinski definition) is 3. The number of benzene rings is 1. The summed E-state index contributed by atoms with van der Waals surface area (Å²) in [6.45, 7) is 0.697. The van der Waals surface area contributed by atoms with E-state index in [4.69, 9.17) is 17.3 Å². The van der Waals surface area contributed by atoms with Crippen LogP contribution in [0, 0.1) is 0 Å². The van der Waals surface area contributed by atoms with Gasteiger partial charge in [0.05, 0.1) is 10.6 Å². The molecule has 2 amide bonds. The van der Waals surface area contributed by atoms with E-state index >= 15 is 0 Å². The molecule has 0 spiro atoms. The number of unbranched alkanes of at least 4 members (excludes halogenated alkanes) is 3. The number of nitrogens with two attached hydrogens (primary N) is 1. The Bertz CT molecular complexity index is 605. The lowest BCUT2D eigenvalue weighted by atomic mass is 9.95. The van der Waals surface area contributed by atoms with Crippen molar-refractivity contribution >= 4 is 41.5 Å². The smallest absolute Gasteiger partial charge is 0.253 e. The van der Waals surface area contributed by atoms with E-state index in [1.165, 1.54) is 6.42 Å². The molecule has 7 heteroatoms. The molecule has 0 saturated heterocycles. The van der Waals surface area contributed by atoms with Gasteiger partial charge in [-0.05, 0) is 50.4 Å². The van der Waals surface area contributed by atoms with Gasteiger partial charge in [-0.3, -0.25) is 9.59 Å². The largest absolute Gasteiger partial charge is 0.349 e. The number of hydrogen-bond acceptors (Lipinski definition) is 3. The molecule has 27 heavy (non-hydrogen) atoms. The summed E-state index contributed by atoms with van der Waals surface area (Å²) in [4.78, 5) is 24.6. The first kappa shape index (κ1) is 23.7. The third kappa shape index (κ3) is 8.50. The van der Waals surface area contributed by atoms with Crippen LogP contribution in [0.3, 0.4) is 0 Å². The number of carbonyl (C=O) groups excluding carboxylic acids is 2. The van der Waals surface area contributed by atoms with Crippen molar-refractivity contribution in [1.29, 1.82) is 0 Å². The lowest BCUT2D eigenvalue weighted by molar-refractivity contribution is -0.116. The summed E-state index contributed by atoms with van der Waals surface area (Å²) < 4.78 is 0. The van der Waals surface area contributed by atoms with Gasteiger partial charge in [-0.25, -0.2) is 0 Å². The molecule has 1 fully saturated rings. The average Bonchev–Trinajstić information content (AvgIpc) is 2.64. The first-order valence-electron chi connectivity index (χ1n) is 9.70. The second-order valence-electron chi connectivity index (χ2n) is 7.00. The first-order valence-corrected chi connectivity index (χ1v) is 10.1. The van der Waals surface area contributed by atoms with Crippen LogP contribution in [0.4, 0.5) is 5.69 Å². The lowest BCUT2D eigenvalue weighted by Crippen LogP contribution is -2.36. The molecule has 0 bridgehead atoms. The van der Waals surface area contributed by atoms with E-state index in [0.29, 0.717) is 29.2 Å². The summed E-state index contributed by atoms with van der Waals surface area (Å²) in [6.07, 6.45) is 9.94. The molecule has 2 rings (SSSR count). The molecule has 1 aromatic carbocycles. The topological polar surface area (TPSA) is 84.2 Å². The van der Waals surface area contributed by atoms with Gasteiger partial charge in [0, 0.05) is 18.2 Å². The summed E-state index contributed by atoms with van der Waals surface area (Å²) in [7, 11) is 0. The van der Waals surface area contributed by atoms with Crippen LogP contribution in [0.25, 0.3) is 0 Å². The molecule has 1 aliphatic rings. The molecule has 1 aromatic rings. The van der Waals surface area contributed by atoms with E-state index in [-0.39, 0.29) is 30.3 Å². The first-order chi connectivity index (χ1) is 12.6. The van der Waals surface area contributed by atoms with Crippen LogP contribution < -0.4 is 16.4 Å². The standard InChI is InChI=1S/C20H30ClN3O2.ClH/c21-18-12-11-16(23-19(25)10-6-1-2-7-13-22)14-17(18)20(26)24-15-8-4-3-5-9-15;/h11-12,14-15H,1-10,13,22H2,(H,23,25)(H,24,26);1H. The van der Waals surface area contributed by atoms with Gasteiger partial charge >= 0.3 is 0 Å². The van der Waals surface area contributed by atoms with Crippen molar-refractivity contribution < 1.29 is 9.59 Å². The molecule has 5 nitrogen and oxygen atoms in total. The van der Waals surface area contributed by atoms with Crippen molar-refractivity contribution in [3.05, 3.63) is 28.8 Å². The Hall–Kier alpha value is -1.30. The van der Waals surface area contributed by atoms with E-state index < -0.39 is 0 Å². The maximum Gasteiger partial charge on any atom is 0.253 e. The summed E-state index contributed by atoms with van der Waals surface area (Å²) in [5.74, 6) is -0.210. The van der Waals surface area contributed by atoms with Crippen LogP contribution in [-0.4, -0.2) is 24.4 Å². The Morgan fingerprint density at radius 3 is 2.48 bits per heavy atom. The monoisotopic (exact) mass is 415 g/mol.